The van der Waals surface area contributed by atoms with Gasteiger partial charge in [0.05, 0.1) is 6.04 Å². The highest BCUT2D eigenvalue weighted by atomic mass is 16.2. The van der Waals surface area contributed by atoms with Crippen molar-refractivity contribution in [3.8, 4) is 0 Å². The molecule has 1 N–H and O–H groups in total. The van der Waals surface area contributed by atoms with Crippen LogP contribution in [-0.4, -0.2) is 36.5 Å². The number of amides is 1. The van der Waals surface area contributed by atoms with Crippen LogP contribution >= 0.6 is 0 Å². The van der Waals surface area contributed by atoms with Gasteiger partial charge in [0.2, 0.25) is 5.91 Å². The molecule has 0 aromatic carbocycles. The summed E-state index contributed by atoms with van der Waals surface area (Å²) < 4.78 is 0. The van der Waals surface area contributed by atoms with E-state index in [1.165, 1.54) is 0 Å². The number of nitrogens with zero attached hydrogens (tertiary/aromatic N) is 1. The summed E-state index contributed by atoms with van der Waals surface area (Å²) in [7, 11) is 1.84. The molecular weight excluding hydrogens is 140 g/mol. The van der Waals surface area contributed by atoms with Crippen molar-refractivity contribution in [2.24, 2.45) is 0 Å². The molecule has 1 aliphatic rings. The van der Waals surface area contributed by atoms with Crippen molar-refractivity contribution in [1.29, 1.82) is 0 Å². The van der Waals surface area contributed by atoms with Crippen LogP contribution in [0, 0.1) is 0 Å². The second-order valence-corrected chi connectivity index (χ2v) is 3.26. The van der Waals surface area contributed by atoms with Gasteiger partial charge in [0, 0.05) is 12.6 Å². The largest absolute Gasteiger partial charge is 0.339 e. The van der Waals surface area contributed by atoms with Crippen LogP contribution < -0.4 is 5.32 Å². The molecule has 0 aliphatic carbocycles. The lowest BCUT2D eigenvalue weighted by Crippen LogP contribution is -2.39. The summed E-state index contributed by atoms with van der Waals surface area (Å²) in [6.45, 7) is 5.01. The molecule has 1 rings (SSSR count). The first-order valence-electron chi connectivity index (χ1n) is 4.14. The van der Waals surface area contributed by atoms with Crippen molar-refractivity contribution in [3.05, 3.63) is 0 Å². The van der Waals surface area contributed by atoms with Crippen molar-refractivity contribution < 1.29 is 4.79 Å². The summed E-state index contributed by atoms with van der Waals surface area (Å²) in [4.78, 5) is 13.4. The first kappa shape index (κ1) is 8.53. The maximum atomic E-state index is 11.4. The van der Waals surface area contributed by atoms with Crippen LogP contribution in [-0.2, 0) is 4.79 Å². The molecule has 1 saturated heterocycles. The van der Waals surface area contributed by atoms with Gasteiger partial charge in [-0.1, -0.05) is 0 Å². The summed E-state index contributed by atoms with van der Waals surface area (Å²) >= 11 is 0. The van der Waals surface area contributed by atoms with Crippen molar-refractivity contribution in [2.45, 2.75) is 32.4 Å². The van der Waals surface area contributed by atoms with Gasteiger partial charge in [0.1, 0.15) is 0 Å². The van der Waals surface area contributed by atoms with Crippen LogP contribution in [0.25, 0.3) is 0 Å². The number of nitrogens with one attached hydrogen (secondary N) is 1. The molecule has 1 amide bonds. The van der Waals surface area contributed by atoms with Gasteiger partial charge < -0.3 is 10.2 Å². The number of hydrogen-bond acceptors (Lipinski definition) is 2. The Labute approximate surface area is 67.8 Å². The molecule has 1 aliphatic heterocycles. The number of likely N-dealkylation sites (tertiary alicyclic amines) is 1. The van der Waals surface area contributed by atoms with Crippen molar-refractivity contribution in [3.63, 3.8) is 0 Å². The molecule has 1 fully saturated rings. The molecule has 1 atom stereocenters. The molecule has 64 valence electrons. The molecule has 0 saturated carbocycles. The van der Waals surface area contributed by atoms with E-state index in [0.29, 0.717) is 6.04 Å². The summed E-state index contributed by atoms with van der Waals surface area (Å²) in [6, 6.07) is 0.415. The summed E-state index contributed by atoms with van der Waals surface area (Å²) in [5, 5.41) is 3.01. The van der Waals surface area contributed by atoms with Crippen LogP contribution in [0.1, 0.15) is 20.3 Å². The van der Waals surface area contributed by atoms with E-state index < -0.39 is 0 Å². The molecule has 1 heterocycles. The molecule has 11 heavy (non-hydrogen) atoms. The fourth-order valence-corrected chi connectivity index (χ4v) is 1.48. The van der Waals surface area contributed by atoms with E-state index in [2.05, 4.69) is 19.2 Å². The molecule has 0 aromatic rings. The van der Waals surface area contributed by atoms with Crippen LogP contribution in [0.3, 0.4) is 0 Å². The third-order valence-corrected chi connectivity index (χ3v) is 2.21. The third kappa shape index (κ3) is 1.53. The van der Waals surface area contributed by atoms with E-state index in [4.69, 9.17) is 0 Å². The van der Waals surface area contributed by atoms with Gasteiger partial charge in [-0.15, -0.1) is 0 Å². The quantitative estimate of drug-likeness (QED) is 0.620. The minimum absolute atomic E-state index is 0.0670. The Bertz CT molecular complexity index is 156. The zero-order valence-corrected chi connectivity index (χ0v) is 7.42. The molecule has 1 unspecified atom stereocenters. The van der Waals surface area contributed by atoms with Crippen LogP contribution in [0.15, 0.2) is 0 Å². The number of likely N-dealkylation sites (N-methyl/N-ethyl adjacent to an activating group) is 1. The molecule has 0 aromatic heterocycles. The van der Waals surface area contributed by atoms with Gasteiger partial charge >= 0.3 is 0 Å². The van der Waals surface area contributed by atoms with Crippen LogP contribution in [0.2, 0.25) is 0 Å². The minimum Gasteiger partial charge on any atom is -0.339 e. The lowest BCUT2D eigenvalue weighted by Gasteiger charge is -2.20. The fraction of sp³-hybridized carbons (Fsp3) is 0.875. The predicted octanol–water partition coefficient (Wildman–Crippen LogP) is 0.215. The number of carbonyl (C=O) groups is 1. The molecule has 0 spiro atoms. The average Bonchev–Trinajstić information content (AvgIpc) is 2.30. The third-order valence-electron chi connectivity index (χ3n) is 2.21. The highest BCUT2D eigenvalue weighted by Gasteiger charge is 2.31. The first-order chi connectivity index (χ1) is 5.16. The number of hydrogen-bond donors (Lipinski definition) is 1. The van der Waals surface area contributed by atoms with E-state index in [9.17, 15) is 4.79 Å². The van der Waals surface area contributed by atoms with Crippen molar-refractivity contribution in [1.82, 2.24) is 10.2 Å². The summed E-state index contributed by atoms with van der Waals surface area (Å²) in [5.41, 5.74) is 0. The number of rotatable bonds is 2. The molecular formula is C8H16N2O. The molecule has 0 bridgehead atoms. The Morgan fingerprint density at radius 2 is 2.27 bits per heavy atom. The predicted molar refractivity (Wildman–Crippen MR) is 44.3 cm³/mol. The topological polar surface area (TPSA) is 32.3 Å². The zero-order valence-electron chi connectivity index (χ0n) is 7.42. The first-order valence-corrected chi connectivity index (χ1v) is 4.14. The van der Waals surface area contributed by atoms with Gasteiger partial charge in [-0.25, -0.2) is 0 Å². The van der Waals surface area contributed by atoms with E-state index in [0.717, 1.165) is 13.0 Å². The second-order valence-electron chi connectivity index (χ2n) is 3.26. The molecule has 3 heteroatoms. The second kappa shape index (κ2) is 3.22. The van der Waals surface area contributed by atoms with Gasteiger partial charge in [-0.2, -0.15) is 0 Å². The zero-order chi connectivity index (χ0) is 8.43. The van der Waals surface area contributed by atoms with Crippen LogP contribution in [0.5, 0.6) is 0 Å². The van der Waals surface area contributed by atoms with E-state index >= 15 is 0 Å². The Balaban J connectivity index is 2.56. The lowest BCUT2D eigenvalue weighted by molar-refractivity contribution is -0.130. The summed E-state index contributed by atoms with van der Waals surface area (Å²) in [5.74, 6) is 0.252. The number of carbonyl (C=O) groups excluding carboxylic acids is 1. The Hall–Kier alpha value is -0.570. The SMILES string of the molecule is CNC1CCN(C(C)C)C1=O. The highest BCUT2D eigenvalue weighted by molar-refractivity contribution is 5.84. The standard InChI is InChI=1S/C8H16N2O/c1-6(2)10-5-4-7(9-3)8(10)11/h6-7,9H,4-5H2,1-3H3. The highest BCUT2D eigenvalue weighted by Crippen LogP contribution is 2.13. The Morgan fingerprint density at radius 3 is 2.55 bits per heavy atom. The summed E-state index contributed by atoms with van der Waals surface area (Å²) in [6.07, 6.45) is 0.952. The maximum absolute atomic E-state index is 11.4. The maximum Gasteiger partial charge on any atom is 0.239 e. The fourth-order valence-electron chi connectivity index (χ4n) is 1.48. The van der Waals surface area contributed by atoms with Crippen molar-refractivity contribution in [2.75, 3.05) is 13.6 Å². The smallest absolute Gasteiger partial charge is 0.239 e. The van der Waals surface area contributed by atoms with Gasteiger partial charge in [-0.3, -0.25) is 4.79 Å². The monoisotopic (exact) mass is 156 g/mol. The van der Waals surface area contributed by atoms with Gasteiger partial charge in [0.25, 0.3) is 0 Å². The molecule has 0 radical (unpaired) electrons. The lowest BCUT2D eigenvalue weighted by atomic mass is 10.2. The Kier molecular flexibility index (Phi) is 2.49. The normalized spacial score (nSPS) is 25.3. The van der Waals surface area contributed by atoms with E-state index in [-0.39, 0.29) is 11.9 Å². The average molecular weight is 156 g/mol. The Morgan fingerprint density at radius 1 is 1.64 bits per heavy atom. The van der Waals surface area contributed by atoms with Gasteiger partial charge in [-0.05, 0) is 27.3 Å². The van der Waals surface area contributed by atoms with E-state index in [1.807, 2.05) is 11.9 Å². The van der Waals surface area contributed by atoms with Gasteiger partial charge in [0.15, 0.2) is 0 Å². The van der Waals surface area contributed by atoms with E-state index in [1.54, 1.807) is 0 Å². The molecule has 3 nitrogen and oxygen atoms in total. The van der Waals surface area contributed by atoms with Crippen molar-refractivity contribution >= 4 is 5.91 Å². The van der Waals surface area contributed by atoms with Crippen LogP contribution in [0.4, 0.5) is 0 Å². The minimum atomic E-state index is 0.0670.